The fourth-order valence-corrected chi connectivity index (χ4v) is 2.05. The predicted octanol–water partition coefficient (Wildman–Crippen LogP) is 2.38. The van der Waals surface area contributed by atoms with E-state index in [9.17, 15) is 31.1 Å². The van der Waals surface area contributed by atoms with Gasteiger partial charge in [0.2, 0.25) is 5.95 Å². The molecule has 0 aliphatic rings. The molecule has 0 saturated heterocycles. The Morgan fingerprint density at radius 1 is 1.23 bits per heavy atom. The third kappa shape index (κ3) is 3.57. The van der Waals surface area contributed by atoms with Gasteiger partial charge in [0.25, 0.3) is 5.91 Å². The lowest BCUT2D eigenvalue weighted by Crippen LogP contribution is -2.22. The van der Waals surface area contributed by atoms with Gasteiger partial charge in [0, 0.05) is 6.07 Å². The Labute approximate surface area is 139 Å². The van der Waals surface area contributed by atoms with Crippen molar-refractivity contribution in [2.75, 3.05) is 5.32 Å². The summed E-state index contributed by atoms with van der Waals surface area (Å²) in [6.07, 6.45) is -7.30. The lowest BCUT2D eigenvalue weighted by Gasteiger charge is -2.11. The van der Waals surface area contributed by atoms with E-state index in [0.29, 0.717) is 10.6 Å². The Morgan fingerprint density at radius 2 is 1.96 bits per heavy atom. The number of alkyl halides is 6. The number of nitrogens with zero attached hydrogens (tertiary/aromatic N) is 5. The van der Waals surface area contributed by atoms with E-state index in [0.717, 1.165) is 12.5 Å². The van der Waals surface area contributed by atoms with Gasteiger partial charge < -0.3 is 0 Å². The maximum Gasteiger partial charge on any atom is 0.432 e. The van der Waals surface area contributed by atoms with E-state index < -0.39 is 42.1 Å². The first kappa shape index (κ1) is 17.6. The minimum absolute atomic E-state index is 0.0370. The number of fused-ring (bicyclic) bond motifs is 1. The maximum absolute atomic E-state index is 12.8. The highest BCUT2D eigenvalue weighted by Crippen LogP contribution is 2.28. The smallest absolute Gasteiger partial charge is 0.290 e. The number of nitrogens with one attached hydrogen (secondary N) is 2. The van der Waals surface area contributed by atoms with Crippen LogP contribution in [-0.4, -0.2) is 41.8 Å². The molecule has 0 saturated carbocycles. The van der Waals surface area contributed by atoms with Crippen LogP contribution >= 0.6 is 0 Å². The van der Waals surface area contributed by atoms with E-state index >= 15 is 0 Å². The van der Waals surface area contributed by atoms with Gasteiger partial charge in [-0.1, -0.05) is 0 Å². The lowest BCUT2D eigenvalue weighted by molar-refractivity contribution is -0.141. The summed E-state index contributed by atoms with van der Waals surface area (Å²) in [7, 11) is 0. The summed E-state index contributed by atoms with van der Waals surface area (Å²) in [6.45, 7) is -1.52. The number of amides is 1. The van der Waals surface area contributed by atoms with Crippen molar-refractivity contribution in [1.29, 1.82) is 0 Å². The SMILES string of the molecule is O=C(Nc1nc2cncnc2n1CC(F)(F)F)c1cc(C(F)(F)F)[nH]n1. The summed E-state index contributed by atoms with van der Waals surface area (Å²) < 4.78 is 76.4. The fourth-order valence-electron chi connectivity index (χ4n) is 2.05. The molecule has 0 aliphatic carbocycles. The monoisotopic (exact) mass is 379 g/mol. The Hall–Kier alpha value is -3.19. The number of H-pyrrole nitrogens is 1. The highest BCUT2D eigenvalue weighted by atomic mass is 19.4. The Bertz CT molecular complexity index is 957. The van der Waals surface area contributed by atoms with E-state index in [2.05, 4.69) is 20.1 Å². The van der Waals surface area contributed by atoms with Crippen LogP contribution in [0.3, 0.4) is 0 Å². The number of imidazole rings is 1. The van der Waals surface area contributed by atoms with Crippen molar-refractivity contribution in [2.24, 2.45) is 0 Å². The molecule has 8 nitrogen and oxygen atoms in total. The molecule has 2 N–H and O–H groups in total. The second-order valence-corrected chi connectivity index (χ2v) is 4.99. The fraction of sp³-hybridized carbons (Fsp3) is 0.250. The van der Waals surface area contributed by atoms with Crippen molar-refractivity contribution < 1.29 is 31.1 Å². The van der Waals surface area contributed by atoms with Crippen LogP contribution in [0.25, 0.3) is 11.2 Å². The van der Waals surface area contributed by atoms with E-state index in [-0.39, 0.29) is 11.2 Å². The van der Waals surface area contributed by atoms with Gasteiger partial charge in [0.05, 0.1) is 6.20 Å². The quantitative estimate of drug-likeness (QED) is 0.681. The van der Waals surface area contributed by atoms with Gasteiger partial charge >= 0.3 is 12.4 Å². The lowest BCUT2D eigenvalue weighted by atomic mass is 10.3. The Balaban J connectivity index is 1.94. The summed E-state index contributed by atoms with van der Waals surface area (Å²) in [5.74, 6) is -1.73. The number of aromatic amines is 1. The maximum atomic E-state index is 12.8. The molecule has 0 bridgehead atoms. The largest absolute Gasteiger partial charge is 0.432 e. The second kappa shape index (κ2) is 5.96. The standard InChI is InChI=1S/C12H7F6N7O/c13-11(14,15)3-25-8-6(2-19-4-20-8)21-10(25)22-9(26)5-1-7(24-23-5)12(16,17)18/h1-2,4H,3H2,(H,23,24)(H,21,22,26). The molecule has 3 aromatic heterocycles. The second-order valence-electron chi connectivity index (χ2n) is 4.99. The van der Waals surface area contributed by atoms with Gasteiger partial charge in [-0.25, -0.2) is 15.0 Å². The van der Waals surface area contributed by atoms with Crippen molar-refractivity contribution >= 4 is 23.0 Å². The minimum Gasteiger partial charge on any atom is -0.290 e. The van der Waals surface area contributed by atoms with Crippen LogP contribution in [0, 0.1) is 0 Å². The number of aromatic nitrogens is 6. The molecule has 0 radical (unpaired) electrons. The molecule has 0 atom stereocenters. The molecule has 26 heavy (non-hydrogen) atoms. The van der Waals surface area contributed by atoms with E-state index in [1.165, 1.54) is 0 Å². The number of hydrogen-bond acceptors (Lipinski definition) is 5. The third-order valence-electron chi connectivity index (χ3n) is 3.09. The molecule has 3 heterocycles. The van der Waals surface area contributed by atoms with Crippen LogP contribution < -0.4 is 5.32 Å². The first-order valence-electron chi connectivity index (χ1n) is 6.71. The number of carbonyl (C=O) groups is 1. The molecule has 0 aromatic carbocycles. The molecule has 138 valence electrons. The van der Waals surface area contributed by atoms with Gasteiger partial charge in [0.1, 0.15) is 24.1 Å². The van der Waals surface area contributed by atoms with Gasteiger partial charge in [0.15, 0.2) is 11.3 Å². The van der Waals surface area contributed by atoms with Gasteiger partial charge in [-0.15, -0.1) is 0 Å². The predicted molar refractivity (Wildman–Crippen MR) is 72.9 cm³/mol. The number of carbonyl (C=O) groups excluding carboxylic acids is 1. The first-order chi connectivity index (χ1) is 12.0. The van der Waals surface area contributed by atoms with Crippen molar-refractivity contribution in [1.82, 2.24) is 29.7 Å². The van der Waals surface area contributed by atoms with Gasteiger partial charge in [-0.2, -0.15) is 31.4 Å². The van der Waals surface area contributed by atoms with Crippen LogP contribution in [-0.2, 0) is 12.7 Å². The highest BCUT2D eigenvalue weighted by molar-refractivity contribution is 6.02. The molecule has 3 rings (SSSR count). The molecule has 0 spiro atoms. The average Bonchev–Trinajstić information content (AvgIpc) is 3.12. The van der Waals surface area contributed by atoms with Crippen molar-refractivity contribution in [2.45, 2.75) is 18.9 Å². The summed E-state index contributed by atoms with van der Waals surface area (Å²) in [5, 5.41) is 6.82. The van der Waals surface area contributed by atoms with Crippen LogP contribution in [0.2, 0.25) is 0 Å². The Kier molecular flexibility index (Phi) is 4.04. The highest BCUT2D eigenvalue weighted by Gasteiger charge is 2.34. The van der Waals surface area contributed by atoms with Crippen LogP contribution in [0.15, 0.2) is 18.6 Å². The van der Waals surface area contributed by atoms with Crippen molar-refractivity contribution in [3.05, 3.63) is 30.0 Å². The number of hydrogen-bond donors (Lipinski definition) is 2. The normalized spacial score (nSPS) is 12.5. The summed E-state index contributed by atoms with van der Waals surface area (Å²) in [4.78, 5) is 23.1. The third-order valence-corrected chi connectivity index (χ3v) is 3.09. The topological polar surface area (TPSA) is 101 Å². The summed E-state index contributed by atoms with van der Waals surface area (Å²) in [6, 6.07) is 0.423. The molecule has 0 fully saturated rings. The van der Waals surface area contributed by atoms with Gasteiger partial charge in [-0.3, -0.25) is 19.8 Å². The van der Waals surface area contributed by atoms with Crippen molar-refractivity contribution in [3.63, 3.8) is 0 Å². The molecular weight excluding hydrogens is 372 g/mol. The number of rotatable bonds is 3. The Morgan fingerprint density at radius 3 is 2.58 bits per heavy atom. The van der Waals surface area contributed by atoms with Crippen LogP contribution in [0.4, 0.5) is 32.3 Å². The zero-order chi connectivity index (χ0) is 19.1. The van der Waals surface area contributed by atoms with Crippen molar-refractivity contribution in [3.8, 4) is 0 Å². The van der Waals surface area contributed by atoms with E-state index in [1.54, 1.807) is 5.10 Å². The van der Waals surface area contributed by atoms with E-state index in [1.807, 2.05) is 5.32 Å². The summed E-state index contributed by atoms with van der Waals surface area (Å²) in [5.41, 5.74) is -2.19. The van der Waals surface area contributed by atoms with Crippen LogP contribution in [0.1, 0.15) is 16.2 Å². The molecule has 0 unspecified atom stereocenters. The number of halogens is 6. The molecular formula is C12H7F6N7O. The minimum atomic E-state index is -4.76. The molecule has 1 amide bonds. The van der Waals surface area contributed by atoms with E-state index in [4.69, 9.17) is 0 Å². The molecule has 0 aliphatic heterocycles. The molecule has 3 aromatic rings. The molecule has 14 heteroatoms. The first-order valence-corrected chi connectivity index (χ1v) is 6.71. The zero-order valence-corrected chi connectivity index (χ0v) is 12.4. The van der Waals surface area contributed by atoms with Gasteiger partial charge in [-0.05, 0) is 0 Å². The summed E-state index contributed by atoms with van der Waals surface area (Å²) >= 11 is 0. The van der Waals surface area contributed by atoms with Crippen LogP contribution in [0.5, 0.6) is 0 Å². The zero-order valence-electron chi connectivity index (χ0n) is 12.4. The number of anilines is 1. The average molecular weight is 379 g/mol.